The predicted octanol–water partition coefficient (Wildman–Crippen LogP) is 1.72. The largest absolute Gasteiger partial charge is 1.00 e. The molecule has 0 unspecified atom stereocenters. The van der Waals surface area contributed by atoms with Gasteiger partial charge in [-0.2, -0.15) is 0 Å². The van der Waals surface area contributed by atoms with Crippen molar-refractivity contribution in [3.63, 3.8) is 0 Å². The van der Waals surface area contributed by atoms with E-state index in [1.165, 1.54) is 43.7 Å². The number of fused-ring (bicyclic) bond motifs is 4. The maximum atomic E-state index is 3.64. The van der Waals surface area contributed by atoms with Gasteiger partial charge >= 0.3 is 0 Å². The van der Waals surface area contributed by atoms with E-state index in [1.54, 1.807) is 0 Å². The molecular weight excluding hydrogens is 398 g/mol. The van der Waals surface area contributed by atoms with Crippen LogP contribution >= 0.6 is 0 Å². The topological polar surface area (TPSA) is 22.9 Å². The fraction of sp³-hybridized carbons (Fsp3) is 0.348. The van der Waals surface area contributed by atoms with Gasteiger partial charge < -0.3 is 22.0 Å². The standard InChI is InChI=1S/C23H27N3.BrH/c1-5-25(6-2)13-14-26-12-11-18-17(4)23-22(16(3)20(18)15-26)19-9-7-8-10-21(19)24-23;/h7-12,15H,5-6,13-14H2,1-4H3;1H. The lowest BCUT2D eigenvalue weighted by atomic mass is 9.97. The van der Waals surface area contributed by atoms with Gasteiger partial charge in [0.2, 0.25) is 0 Å². The fourth-order valence-corrected chi connectivity index (χ4v) is 4.18. The van der Waals surface area contributed by atoms with Crippen molar-refractivity contribution in [1.82, 2.24) is 9.88 Å². The molecule has 0 aliphatic carbocycles. The minimum absolute atomic E-state index is 0. The number of aryl methyl sites for hydroxylation is 2. The normalized spacial score (nSPS) is 11.6. The predicted molar refractivity (Wildman–Crippen MR) is 111 cm³/mol. The lowest BCUT2D eigenvalue weighted by Crippen LogP contribution is -3.00. The van der Waals surface area contributed by atoms with Crippen LogP contribution in [-0.2, 0) is 6.54 Å². The fourth-order valence-electron chi connectivity index (χ4n) is 4.18. The molecule has 0 radical (unpaired) electrons. The maximum absolute atomic E-state index is 3.64. The molecule has 27 heavy (non-hydrogen) atoms. The van der Waals surface area contributed by atoms with Crippen molar-refractivity contribution >= 4 is 32.6 Å². The zero-order valence-electron chi connectivity index (χ0n) is 16.6. The highest BCUT2D eigenvalue weighted by molar-refractivity contribution is 6.16. The number of rotatable bonds is 5. The second-order valence-corrected chi connectivity index (χ2v) is 7.21. The van der Waals surface area contributed by atoms with Crippen molar-refractivity contribution in [2.75, 3.05) is 19.6 Å². The van der Waals surface area contributed by atoms with Gasteiger partial charge in [-0.05, 0) is 49.5 Å². The molecule has 2 aromatic heterocycles. The number of para-hydroxylation sites is 1. The van der Waals surface area contributed by atoms with Gasteiger partial charge in [0.15, 0.2) is 18.9 Å². The molecule has 0 bridgehead atoms. The Kier molecular flexibility index (Phi) is 5.87. The van der Waals surface area contributed by atoms with Gasteiger partial charge in [0, 0.05) is 27.7 Å². The third-order valence-corrected chi connectivity index (χ3v) is 5.85. The van der Waals surface area contributed by atoms with Crippen LogP contribution in [0.15, 0.2) is 42.7 Å². The van der Waals surface area contributed by atoms with Crippen molar-refractivity contribution in [2.24, 2.45) is 0 Å². The van der Waals surface area contributed by atoms with Gasteiger partial charge in [0.25, 0.3) is 0 Å². The summed E-state index contributed by atoms with van der Waals surface area (Å²) in [5.41, 5.74) is 5.21. The Hall–Kier alpha value is -1.91. The van der Waals surface area contributed by atoms with Gasteiger partial charge in [-0.3, -0.25) is 4.90 Å². The highest BCUT2D eigenvalue weighted by Crippen LogP contribution is 2.35. The van der Waals surface area contributed by atoms with Gasteiger partial charge in [0.05, 0.1) is 12.1 Å². The van der Waals surface area contributed by atoms with Crippen molar-refractivity contribution in [3.05, 3.63) is 53.9 Å². The van der Waals surface area contributed by atoms with E-state index in [0.29, 0.717) is 0 Å². The first-order valence-electron chi connectivity index (χ1n) is 9.68. The summed E-state index contributed by atoms with van der Waals surface area (Å²) in [6, 6.07) is 10.9. The van der Waals surface area contributed by atoms with E-state index < -0.39 is 0 Å². The van der Waals surface area contributed by atoms with E-state index in [9.17, 15) is 0 Å². The number of hydrogen-bond donors (Lipinski definition) is 1. The van der Waals surface area contributed by atoms with Crippen LogP contribution in [0, 0.1) is 13.8 Å². The second kappa shape index (κ2) is 7.99. The average Bonchev–Trinajstić information content (AvgIpc) is 3.07. The molecule has 0 atom stereocenters. The second-order valence-electron chi connectivity index (χ2n) is 7.21. The summed E-state index contributed by atoms with van der Waals surface area (Å²) in [5.74, 6) is 0. The number of nitrogens with one attached hydrogen (secondary N) is 1. The number of pyridine rings is 1. The maximum Gasteiger partial charge on any atom is 0.176 e. The zero-order valence-corrected chi connectivity index (χ0v) is 18.2. The van der Waals surface area contributed by atoms with E-state index in [1.807, 2.05) is 0 Å². The Morgan fingerprint density at radius 3 is 2.41 bits per heavy atom. The molecule has 0 saturated heterocycles. The molecule has 4 aromatic rings. The summed E-state index contributed by atoms with van der Waals surface area (Å²) >= 11 is 0. The van der Waals surface area contributed by atoms with E-state index in [4.69, 9.17) is 0 Å². The zero-order chi connectivity index (χ0) is 18.3. The monoisotopic (exact) mass is 425 g/mol. The first-order chi connectivity index (χ1) is 12.6. The summed E-state index contributed by atoms with van der Waals surface area (Å²) < 4.78 is 2.34. The molecule has 0 fully saturated rings. The number of hydrogen-bond acceptors (Lipinski definition) is 1. The molecule has 0 amide bonds. The quantitative estimate of drug-likeness (QED) is 0.483. The summed E-state index contributed by atoms with van der Waals surface area (Å²) in [7, 11) is 0. The molecule has 4 rings (SSSR count). The van der Waals surface area contributed by atoms with E-state index in [-0.39, 0.29) is 17.0 Å². The number of aromatic amines is 1. The van der Waals surface area contributed by atoms with Crippen molar-refractivity contribution in [3.8, 4) is 0 Å². The van der Waals surface area contributed by atoms with Crippen LogP contribution in [0.2, 0.25) is 0 Å². The van der Waals surface area contributed by atoms with Crippen molar-refractivity contribution < 1.29 is 21.5 Å². The lowest BCUT2D eigenvalue weighted by molar-refractivity contribution is -0.695. The number of benzene rings is 2. The van der Waals surface area contributed by atoms with Crippen LogP contribution in [0.3, 0.4) is 0 Å². The minimum atomic E-state index is 0. The van der Waals surface area contributed by atoms with Crippen LogP contribution < -0.4 is 21.5 Å². The summed E-state index contributed by atoms with van der Waals surface area (Å²) in [4.78, 5) is 6.11. The number of aromatic nitrogens is 2. The molecular formula is C23H28BrN3. The third kappa shape index (κ3) is 3.37. The van der Waals surface area contributed by atoms with Crippen LogP contribution in [0.25, 0.3) is 32.6 Å². The van der Waals surface area contributed by atoms with Gasteiger partial charge in [-0.1, -0.05) is 32.0 Å². The molecule has 0 aliphatic rings. The van der Waals surface area contributed by atoms with Crippen LogP contribution in [0.1, 0.15) is 25.0 Å². The summed E-state index contributed by atoms with van der Waals surface area (Å²) in [5, 5.41) is 5.40. The molecule has 0 spiro atoms. The smallest absolute Gasteiger partial charge is 0.176 e. The van der Waals surface area contributed by atoms with Crippen LogP contribution in [0.4, 0.5) is 0 Å². The summed E-state index contributed by atoms with van der Waals surface area (Å²) in [6.07, 6.45) is 4.56. The van der Waals surface area contributed by atoms with E-state index in [0.717, 1.165) is 26.2 Å². The number of likely N-dealkylation sites (N-methyl/N-ethyl adjacent to an activating group) is 1. The molecule has 0 aliphatic heterocycles. The Bertz CT molecular complexity index is 1090. The molecule has 1 N–H and O–H groups in total. The van der Waals surface area contributed by atoms with Crippen molar-refractivity contribution in [2.45, 2.75) is 34.2 Å². The Balaban J connectivity index is 0.00000210. The van der Waals surface area contributed by atoms with E-state index >= 15 is 0 Å². The Labute approximate surface area is 171 Å². The average molecular weight is 426 g/mol. The van der Waals surface area contributed by atoms with Gasteiger partial charge in [-0.25, -0.2) is 4.57 Å². The Morgan fingerprint density at radius 1 is 0.926 bits per heavy atom. The first-order valence-corrected chi connectivity index (χ1v) is 9.68. The Morgan fingerprint density at radius 2 is 1.67 bits per heavy atom. The molecule has 2 aromatic carbocycles. The van der Waals surface area contributed by atoms with Gasteiger partial charge in [0.1, 0.15) is 0 Å². The molecule has 2 heterocycles. The molecule has 4 heteroatoms. The molecule has 0 saturated carbocycles. The first kappa shape index (κ1) is 19.8. The summed E-state index contributed by atoms with van der Waals surface area (Å²) in [6.45, 7) is 13.3. The highest BCUT2D eigenvalue weighted by Gasteiger charge is 2.16. The van der Waals surface area contributed by atoms with Crippen molar-refractivity contribution in [1.29, 1.82) is 0 Å². The third-order valence-electron chi connectivity index (χ3n) is 5.85. The molecule has 3 nitrogen and oxygen atoms in total. The van der Waals surface area contributed by atoms with Crippen LogP contribution in [0.5, 0.6) is 0 Å². The van der Waals surface area contributed by atoms with Gasteiger partial charge in [-0.15, -0.1) is 0 Å². The van der Waals surface area contributed by atoms with Crippen LogP contribution in [-0.4, -0.2) is 29.5 Å². The molecule has 142 valence electrons. The number of H-pyrrole nitrogens is 1. The number of halogens is 1. The van der Waals surface area contributed by atoms with E-state index in [2.05, 4.69) is 84.9 Å². The minimum Gasteiger partial charge on any atom is -1.00 e. The highest BCUT2D eigenvalue weighted by atomic mass is 79.9. The number of nitrogens with zero attached hydrogens (tertiary/aromatic N) is 2. The lowest BCUT2D eigenvalue weighted by Gasteiger charge is -2.15. The SMILES string of the molecule is CCN(CC)CC[n+]1ccc2c(C)c3[nH]c4ccccc4c3c(C)c2c1.[Br-].